The van der Waals surface area contributed by atoms with Crippen molar-refractivity contribution in [2.24, 2.45) is 0 Å². The van der Waals surface area contributed by atoms with Gasteiger partial charge in [0.25, 0.3) is 0 Å². The average Bonchev–Trinajstić information content (AvgIpc) is 2.62. The van der Waals surface area contributed by atoms with Crippen molar-refractivity contribution >= 4 is 27.5 Å². The number of rotatable bonds is 6. The van der Waals surface area contributed by atoms with Crippen LogP contribution >= 0.6 is 15.9 Å². The van der Waals surface area contributed by atoms with Gasteiger partial charge in [-0.1, -0.05) is 22.0 Å². The molecule has 1 aliphatic rings. The molecule has 1 amide bonds. The minimum Gasteiger partial charge on any atom is -0.486 e. The normalized spacial score (nSPS) is 12.9. The first-order valence-electron chi connectivity index (χ1n) is 8.33. The van der Waals surface area contributed by atoms with Crippen molar-refractivity contribution in [2.45, 2.75) is 13.0 Å². The second-order valence-electron chi connectivity index (χ2n) is 6.14. The van der Waals surface area contributed by atoms with Crippen LogP contribution in [-0.4, -0.2) is 37.6 Å². The van der Waals surface area contributed by atoms with E-state index in [1.54, 1.807) is 6.07 Å². The van der Waals surface area contributed by atoms with Crippen molar-refractivity contribution in [3.8, 4) is 11.5 Å². The molecule has 2 aromatic carbocycles. The van der Waals surface area contributed by atoms with Gasteiger partial charge in [0.15, 0.2) is 11.5 Å². The van der Waals surface area contributed by atoms with Crippen LogP contribution in [0.2, 0.25) is 0 Å². The van der Waals surface area contributed by atoms with Gasteiger partial charge in [-0.2, -0.15) is 0 Å². The number of benzene rings is 2. The smallest absolute Gasteiger partial charge is 0.225 e. The number of hydrogen-bond donors (Lipinski definition) is 1. The molecule has 5 nitrogen and oxygen atoms in total. The molecule has 1 aliphatic heterocycles. The summed E-state index contributed by atoms with van der Waals surface area (Å²) in [4.78, 5) is 14.1. The highest BCUT2D eigenvalue weighted by Crippen LogP contribution is 2.31. The summed E-state index contributed by atoms with van der Waals surface area (Å²) in [5, 5.41) is 2.60. The van der Waals surface area contributed by atoms with E-state index in [0.29, 0.717) is 30.8 Å². The first kappa shape index (κ1) is 18.7. The third-order valence-corrected chi connectivity index (χ3v) is 4.48. The number of hydrogen-bond acceptors (Lipinski definition) is 4. The Hall–Kier alpha value is -2.12. The van der Waals surface area contributed by atoms with Gasteiger partial charge in [-0.3, -0.25) is 4.79 Å². The number of ether oxygens (including phenoxy) is 2. The minimum absolute atomic E-state index is 0.188. The fraction of sp³-hybridized carbons (Fsp3) is 0.316. The van der Waals surface area contributed by atoms with Gasteiger partial charge in [0.2, 0.25) is 5.91 Å². The molecule has 0 aromatic heterocycles. The van der Waals surface area contributed by atoms with Gasteiger partial charge >= 0.3 is 0 Å². The molecule has 0 saturated carbocycles. The number of carbonyl (C=O) groups is 1. The van der Waals surface area contributed by atoms with E-state index in [4.69, 9.17) is 9.47 Å². The van der Waals surface area contributed by atoms with Crippen molar-refractivity contribution in [3.63, 3.8) is 0 Å². The van der Waals surface area contributed by atoms with Gasteiger partial charge in [-0.05, 0) is 42.9 Å². The van der Waals surface area contributed by atoms with Crippen LogP contribution in [0, 0.1) is 5.82 Å². The molecular formula is C19H20BrFN2O3. The van der Waals surface area contributed by atoms with Crippen molar-refractivity contribution in [1.82, 2.24) is 4.90 Å². The summed E-state index contributed by atoms with van der Waals surface area (Å²) in [6.07, 6.45) is 0.274. The van der Waals surface area contributed by atoms with Crippen LogP contribution in [0.25, 0.3) is 0 Å². The molecule has 1 heterocycles. The van der Waals surface area contributed by atoms with Crippen molar-refractivity contribution < 1.29 is 18.7 Å². The third kappa shape index (κ3) is 4.95. The Labute approximate surface area is 160 Å². The lowest BCUT2D eigenvalue weighted by molar-refractivity contribution is -0.116. The Morgan fingerprint density at radius 1 is 1.19 bits per heavy atom. The monoisotopic (exact) mass is 422 g/mol. The number of nitrogens with one attached hydrogen (secondary N) is 1. The van der Waals surface area contributed by atoms with Gasteiger partial charge in [0.1, 0.15) is 19.0 Å². The zero-order valence-electron chi connectivity index (χ0n) is 14.4. The predicted octanol–water partition coefficient (Wildman–Crippen LogP) is 3.82. The van der Waals surface area contributed by atoms with E-state index in [1.165, 1.54) is 12.1 Å². The Bertz CT molecular complexity index is 800. The highest BCUT2D eigenvalue weighted by Gasteiger charge is 2.13. The van der Waals surface area contributed by atoms with Crippen molar-refractivity contribution in [3.05, 3.63) is 52.3 Å². The van der Waals surface area contributed by atoms with Crippen LogP contribution in [0.1, 0.15) is 12.0 Å². The van der Waals surface area contributed by atoms with Gasteiger partial charge in [0, 0.05) is 24.0 Å². The zero-order valence-corrected chi connectivity index (χ0v) is 16.0. The molecule has 0 unspecified atom stereocenters. The summed E-state index contributed by atoms with van der Waals surface area (Å²) in [6.45, 7) is 2.36. The number of nitrogens with zero attached hydrogens (tertiary/aromatic N) is 1. The van der Waals surface area contributed by atoms with E-state index < -0.39 is 5.82 Å². The fourth-order valence-corrected chi connectivity index (χ4v) is 3.01. The highest BCUT2D eigenvalue weighted by atomic mass is 79.9. The van der Waals surface area contributed by atoms with Gasteiger partial charge in [0.05, 0.1) is 5.69 Å². The van der Waals surface area contributed by atoms with E-state index in [-0.39, 0.29) is 18.0 Å². The second kappa shape index (κ2) is 8.51. The largest absolute Gasteiger partial charge is 0.486 e. The quantitative estimate of drug-likeness (QED) is 0.768. The molecule has 0 aliphatic carbocycles. The van der Waals surface area contributed by atoms with Gasteiger partial charge in [-0.25, -0.2) is 4.39 Å². The summed E-state index contributed by atoms with van der Waals surface area (Å²) in [5.41, 5.74) is 1.27. The average molecular weight is 423 g/mol. The first-order chi connectivity index (χ1) is 12.5. The number of halogens is 2. The van der Waals surface area contributed by atoms with Crippen molar-refractivity contribution in [1.29, 1.82) is 0 Å². The number of anilines is 1. The Morgan fingerprint density at radius 2 is 1.96 bits per heavy atom. The topological polar surface area (TPSA) is 50.8 Å². The molecule has 2 aromatic rings. The Kier molecular flexibility index (Phi) is 6.11. The van der Waals surface area contributed by atoms with E-state index >= 15 is 0 Å². The van der Waals surface area contributed by atoms with Crippen molar-refractivity contribution in [2.75, 3.05) is 32.1 Å². The van der Waals surface area contributed by atoms with Crippen LogP contribution in [0.4, 0.5) is 10.1 Å². The summed E-state index contributed by atoms with van der Waals surface area (Å²) in [7, 11) is 1.93. The van der Waals surface area contributed by atoms with Crippen LogP contribution < -0.4 is 14.8 Å². The molecule has 0 bridgehead atoms. The summed E-state index contributed by atoms with van der Waals surface area (Å²) in [5.74, 6) is 0.835. The fourth-order valence-electron chi connectivity index (χ4n) is 2.67. The summed E-state index contributed by atoms with van der Waals surface area (Å²) >= 11 is 3.19. The molecule has 0 atom stereocenters. The lowest BCUT2D eigenvalue weighted by atomic mass is 10.2. The maximum atomic E-state index is 13.8. The molecule has 0 radical (unpaired) electrons. The minimum atomic E-state index is -0.461. The lowest BCUT2D eigenvalue weighted by Crippen LogP contribution is -2.24. The molecule has 3 rings (SSSR count). The van der Waals surface area contributed by atoms with Crippen LogP contribution in [0.3, 0.4) is 0 Å². The molecular weight excluding hydrogens is 403 g/mol. The predicted molar refractivity (Wildman–Crippen MR) is 101 cm³/mol. The van der Waals surface area contributed by atoms with E-state index in [0.717, 1.165) is 17.1 Å². The Balaban J connectivity index is 1.49. The number of fused-ring (bicyclic) bond motifs is 1. The Morgan fingerprint density at radius 3 is 2.73 bits per heavy atom. The van der Waals surface area contributed by atoms with Crippen LogP contribution in [-0.2, 0) is 11.3 Å². The molecule has 138 valence electrons. The molecule has 7 heteroatoms. The number of amides is 1. The number of carbonyl (C=O) groups excluding carboxylic acids is 1. The molecule has 0 spiro atoms. The highest BCUT2D eigenvalue weighted by molar-refractivity contribution is 9.10. The SMILES string of the molecule is CN(CCC(=O)Nc1ccc(Br)cc1F)Cc1ccc2c(c1)OCCO2. The maximum absolute atomic E-state index is 13.8. The van der Waals surface area contributed by atoms with E-state index in [1.807, 2.05) is 30.1 Å². The van der Waals surface area contributed by atoms with Gasteiger partial charge < -0.3 is 19.7 Å². The zero-order chi connectivity index (χ0) is 18.5. The van der Waals surface area contributed by atoms with E-state index in [2.05, 4.69) is 21.2 Å². The summed E-state index contributed by atoms with van der Waals surface area (Å²) < 4.78 is 25.5. The standard InChI is InChI=1S/C19H20BrFN2O3/c1-23(12-13-2-5-17-18(10-13)26-9-8-25-17)7-6-19(24)22-16-4-3-14(20)11-15(16)21/h2-5,10-11H,6-9,12H2,1H3,(H,22,24). The maximum Gasteiger partial charge on any atom is 0.225 e. The van der Waals surface area contributed by atoms with Crippen LogP contribution in [0.5, 0.6) is 11.5 Å². The van der Waals surface area contributed by atoms with E-state index in [9.17, 15) is 9.18 Å². The molecule has 0 fully saturated rings. The second-order valence-corrected chi connectivity index (χ2v) is 7.05. The van der Waals surface area contributed by atoms with Gasteiger partial charge in [-0.15, -0.1) is 0 Å². The molecule has 26 heavy (non-hydrogen) atoms. The third-order valence-electron chi connectivity index (χ3n) is 3.98. The van der Waals surface area contributed by atoms with Crippen LogP contribution in [0.15, 0.2) is 40.9 Å². The lowest BCUT2D eigenvalue weighted by Gasteiger charge is -2.21. The summed E-state index contributed by atoms with van der Waals surface area (Å²) in [6, 6.07) is 10.4. The first-order valence-corrected chi connectivity index (χ1v) is 9.12. The molecule has 1 N–H and O–H groups in total. The molecule has 0 saturated heterocycles.